The molecule has 2 nitrogen and oxygen atoms in total. The molecule has 1 aromatic carbocycles. The van der Waals surface area contributed by atoms with Gasteiger partial charge in [-0.3, -0.25) is 0 Å². The fraction of sp³-hybridized carbons (Fsp3) is 0.538. The Bertz CT molecular complexity index is 453. The minimum atomic E-state index is -0.630. The fourth-order valence-electron chi connectivity index (χ4n) is 1.91. The van der Waals surface area contributed by atoms with E-state index in [0.29, 0.717) is 16.6 Å². The van der Waals surface area contributed by atoms with E-state index in [4.69, 9.17) is 4.74 Å². The SMILES string of the molecule is OC1(Cc2cc(F)cc(Br)c2OC2CC2)CC1. The van der Waals surface area contributed by atoms with Crippen LogP contribution in [0, 0.1) is 5.82 Å². The van der Waals surface area contributed by atoms with Crippen molar-refractivity contribution in [3.05, 3.63) is 28.0 Å². The van der Waals surface area contributed by atoms with Crippen molar-refractivity contribution >= 4 is 15.9 Å². The number of aliphatic hydroxyl groups is 1. The Hall–Kier alpha value is -0.610. The molecule has 2 saturated carbocycles. The van der Waals surface area contributed by atoms with Crippen LogP contribution in [0.25, 0.3) is 0 Å². The Morgan fingerprint density at radius 3 is 2.71 bits per heavy atom. The van der Waals surface area contributed by atoms with Crippen molar-refractivity contribution in [3.8, 4) is 5.75 Å². The van der Waals surface area contributed by atoms with Crippen molar-refractivity contribution < 1.29 is 14.2 Å². The number of hydrogen-bond acceptors (Lipinski definition) is 2. The minimum absolute atomic E-state index is 0.268. The van der Waals surface area contributed by atoms with Crippen LogP contribution in [0.3, 0.4) is 0 Å². The van der Waals surface area contributed by atoms with E-state index >= 15 is 0 Å². The van der Waals surface area contributed by atoms with Crippen LogP contribution in [0.1, 0.15) is 31.2 Å². The van der Waals surface area contributed by atoms with Crippen molar-refractivity contribution in [1.82, 2.24) is 0 Å². The average Bonchev–Trinajstić information content (AvgIpc) is 3.11. The standard InChI is InChI=1S/C13H14BrFO2/c14-11-6-9(15)5-8(7-13(16)3-4-13)12(11)17-10-1-2-10/h5-6,10,16H,1-4,7H2. The zero-order valence-electron chi connectivity index (χ0n) is 9.38. The Labute approximate surface area is 108 Å². The summed E-state index contributed by atoms with van der Waals surface area (Å²) in [6.07, 6.45) is 4.46. The average molecular weight is 301 g/mol. The van der Waals surface area contributed by atoms with Crippen LogP contribution in [0.4, 0.5) is 4.39 Å². The molecule has 1 N–H and O–H groups in total. The topological polar surface area (TPSA) is 29.5 Å². The summed E-state index contributed by atoms with van der Waals surface area (Å²) >= 11 is 3.34. The highest BCUT2D eigenvalue weighted by molar-refractivity contribution is 9.10. The maximum Gasteiger partial charge on any atom is 0.137 e. The summed E-state index contributed by atoms with van der Waals surface area (Å²) in [4.78, 5) is 0. The van der Waals surface area contributed by atoms with Crippen LogP contribution in [-0.2, 0) is 6.42 Å². The Kier molecular flexibility index (Phi) is 2.67. The van der Waals surface area contributed by atoms with Crippen LogP contribution in [0.2, 0.25) is 0 Å². The lowest BCUT2D eigenvalue weighted by molar-refractivity contribution is 0.149. The summed E-state index contributed by atoms with van der Waals surface area (Å²) in [5.41, 5.74) is 0.137. The monoisotopic (exact) mass is 300 g/mol. The Morgan fingerprint density at radius 1 is 1.41 bits per heavy atom. The lowest BCUT2D eigenvalue weighted by atomic mass is 10.1. The lowest BCUT2D eigenvalue weighted by Gasteiger charge is -2.15. The van der Waals surface area contributed by atoms with Gasteiger partial charge in [0.15, 0.2) is 0 Å². The quantitative estimate of drug-likeness (QED) is 0.925. The Balaban J connectivity index is 1.91. The third-order valence-corrected chi connectivity index (χ3v) is 3.83. The maximum absolute atomic E-state index is 13.4. The van der Waals surface area contributed by atoms with Gasteiger partial charge in [-0.15, -0.1) is 0 Å². The summed E-state index contributed by atoms with van der Waals surface area (Å²) in [6, 6.07) is 2.89. The summed E-state index contributed by atoms with van der Waals surface area (Å²) in [5.74, 6) is 0.411. The Morgan fingerprint density at radius 2 is 2.12 bits per heavy atom. The van der Waals surface area contributed by atoms with Gasteiger partial charge in [-0.2, -0.15) is 0 Å². The van der Waals surface area contributed by atoms with Gasteiger partial charge in [-0.1, -0.05) is 0 Å². The molecule has 0 saturated heterocycles. The van der Waals surface area contributed by atoms with Crippen LogP contribution in [-0.4, -0.2) is 16.8 Å². The van der Waals surface area contributed by atoms with E-state index in [2.05, 4.69) is 15.9 Å². The molecule has 0 aromatic heterocycles. The van der Waals surface area contributed by atoms with E-state index in [1.807, 2.05) is 0 Å². The van der Waals surface area contributed by atoms with Crippen LogP contribution < -0.4 is 4.74 Å². The molecule has 0 bridgehead atoms. The van der Waals surface area contributed by atoms with Crippen LogP contribution in [0.5, 0.6) is 5.75 Å². The molecule has 0 atom stereocenters. The zero-order valence-corrected chi connectivity index (χ0v) is 11.0. The highest BCUT2D eigenvalue weighted by atomic mass is 79.9. The first-order chi connectivity index (χ1) is 8.06. The van der Waals surface area contributed by atoms with Gasteiger partial charge in [-0.25, -0.2) is 4.39 Å². The second kappa shape index (κ2) is 3.95. The molecule has 0 heterocycles. The summed E-state index contributed by atoms with van der Waals surface area (Å²) < 4.78 is 19.8. The minimum Gasteiger partial charge on any atom is -0.489 e. The van der Waals surface area contributed by atoms with Gasteiger partial charge in [0.2, 0.25) is 0 Å². The molecule has 1 aromatic rings. The van der Waals surface area contributed by atoms with Gasteiger partial charge < -0.3 is 9.84 Å². The smallest absolute Gasteiger partial charge is 0.137 e. The van der Waals surface area contributed by atoms with Gasteiger partial charge in [0.1, 0.15) is 11.6 Å². The molecule has 2 aliphatic carbocycles. The molecule has 0 aliphatic heterocycles. The normalized spacial score (nSPS) is 21.4. The van der Waals surface area contributed by atoms with E-state index in [0.717, 1.165) is 31.2 Å². The third kappa shape index (κ3) is 2.63. The molecule has 92 valence electrons. The predicted octanol–water partition coefficient (Wildman–Crippen LogP) is 3.20. The van der Waals surface area contributed by atoms with Gasteiger partial charge in [0.25, 0.3) is 0 Å². The van der Waals surface area contributed by atoms with E-state index in [9.17, 15) is 9.50 Å². The molecule has 0 unspecified atom stereocenters. The van der Waals surface area contributed by atoms with Crippen molar-refractivity contribution in [2.75, 3.05) is 0 Å². The molecule has 4 heteroatoms. The number of halogens is 2. The van der Waals surface area contributed by atoms with E-state index in [1.165, 1.54) is 12.1 Å². The van der Waals surface area contributed by atoms with Crippen molar-refractivity contribution in [2.24, 2.45) is 0 Å². The van der Waals surface area contributed by atoms with E-state index < -0.39 is 5.60 Å². The molecule has 0 amide bonds. The van der Waals surface area contributed by atoms with Crippen LogP contribution >= 0.6 is 15.9 Å². The van der Waals surface area contributed by atoms with Gasteiger partial charge in [0.05, 0.1) is 16.2 Å². The van der Waals surface area contributed by atoms with Crippen molar-refractivity contribution in [3.63, 3.8) is 0 Å². The summed E-state index contributed by atoms with van der Waals surface area (Å²) in [7, 11) is 0. The molecular formula is C13H14BrFO2. The first-order valence-corrected chi connectivity index (χ1v) is 6.72. The van der Waals surface area contributed by atoms with Crippen molar-refractivity contribution in [2.45, 2.75) is 43.8 Å². The highest BCUT2D eigenvalue weighted by Crippen LogP contribution is 2.43. The number of rotatable bonds is 4. The first-order valence-electron chi connectivity index (χ1n) is 5.93. The molecule has 2 aliphatic rings. The zero-order chi connectivity index (χ0) is 12.0. The van der Waals surface area contributed by atoms with E-state index in [-0.39, 0.29) is 11.9 Å². The molecule has 2 fully saturated rings. The molecule has 0 radical (unpaired) electrons. The predicted molar refractivity (Wildman–Crippen MR) is 65.6 cm³/mol. The number of ether oxygens (including phenoxy) is 1. The second-order valence-corrected chi connectivity index (χ2v) is 5.95. The largest absolute Gasteiger partial charge is 0.489 e. The van der Waals surface area contributed by atoms with Gasteiger partial charge in [-0.05, 0) is 53.7 Å². The number of benzene rings is 1. The molecular weight excluding hydrogens is 287 g/mol. The highest BCUT2D eigenvalue weighted by Gasteiger charge is 2.41. The second-order valence-electron chi connectivity index (χ2n) is 5.09. The first kappa shape index (κ1) is 11.5. The molecule has 0 spiro atoms. The van der Waals surface area contributed by atoms with Gasteiger partial charge >= 0.3 is 0 Å². The maximum atomic E-state index is 13.4. The summed E-state index contributed by atoms with van der Waals surface area (Å²) in [6.45, 7) is 0. The number of hydrogen-bond donors (Lipinski definition) is 1. The fourth-order valence-corrected chi connectivity index (χ4v) is 2.47. The molecule has 17 heavy (non-hydrogen) atoms. The van der Waals surface area contributed by atoms with Crippen molar-refractivity contribution in [1.29, 1.82) is 0 Å². The third-order valence-electron chi connectivity index (χ3n) is 3.24. The lowest BCUT2D eigenvalue weighted by Crippen LogP contribution is -2.13. The van der Waals surface area contributed by atoms with Crippen LogP contribution in [0.15, 0.2) is 16.6 Å². The van der Waals surface area contributed by atoms with E-state index in [1.54, 1.807) is 0 Å². The molecule has 3 rings (SSSR count). The van der Waals surface area contributed by atoms with Gasteiger partial charge in [0, 0.05) is 12.0 Å². The summed E-state index contributed by atoms with van der Waals surface area (Å²) in [5, 5.41) is 9.94.